The summed E-state index contributed by atoms with van der Waals surface area (Å²) in [5, 5.41) is 1.58. The van der Waals surface area contributed by atoms with Crippen LogP contribution in [0.2, 0.25) is 5.02 Å². The number of fused-ring (bicyclic) bond motifs is 3. The maximum Gasteiger partial charge on any atom is 0.267 e. The monoisotopic (exact) mass is 488 g/mol. The number of hydrogen-bond donors (Lipinski definition) is 0. The molecule has 32 heavy (non-hydrogen) atoms. The van der Waals surface area contributed by atoms with Crippen molar-refractivity contribution >= 4 is 50.7 Å². The SMILES string of the molecule is COc1ccc(Cl)cc1-n1c(SC2CCCCC2=O)nc2sc3c(c2c1=O)CCC(C)C3. The summed E-state index contributed by atoms with van der Waals surface area (Å²) >= 11 is 9.36. The number of carbonyl (C=O) groups excluding carboxylic acids is 1. The van der Waals surface area contributed by atoms with Crippen molar-refractivity contribution in [2.24, 2.45) is 5.92 Å². The molecule has 0 saturated heterocycles. The summed E-state index contributed by atoms with van der Waals surface area (Å²) in [5.41, 5.74) is 1.60. The number of benzene rings is 1. The molecule has 0 aliphatic heterocycles. The summed E-state index contributed by atoms with van der Waals surface area (Å²) < 4.78 is 7.19. The molecule has 8 heteroatoms. The number of ketones is 1. The average Bonchev–Trinajstić information content (AvgIpc) is 3.13. The van der Waals surface area contributed by atoms with Crippen molar-refractivity contribution in [2.75, 3.05) is 7.11 Å². The van der Waals surface area contributed by atoms with Crippen molar-refractivity contribution in [3.05, 3.63) is 44.0 Å². The van der Waals surface area contributed by atoms with E-state index in [0.29, 0.717) is 39.3 Å². The molecule has 1 fully saturated rings. The topological polar surface area (TPSA) is 61.2 Å². The van der Waals surface area contributed by atoms with E-state index in [-0.39, 0.29) is 16.6 Å². The Bertz CT molecular complexity index is 1270. The highest BCUT2D eigenvalue weighted by atomic mass is 35.5. The number of ether oxygens (including phenoxy) is 1. The van der Waals surface area contributed by atoms with Gasteiger partial charge in [-0.15, -0.1) is 11.3 Å². The molecule has 0 amide bonds. The third-order valence-corrected chi connectivity index (χ3v) is 9.08. The first-order chi connectivity index (χ1) is 15.5. The zero-order valence-electron chi connectivity index (χ0n) is 18.2. The summed E-state index contributed by atoms with van der Waals surface area (Å²) in [6.45, 7) is 2.26. The standard InChI is InChI=1S/C24H25ClN2O3S2/c1-13-7-9-15-20(11-13)31-22-21(15)23(29)27(16-12-14(25)8-10-18(16)30-2)24(26-22)32-19-6-4-3-5-17(19)28/h8,10,12-13,19H,3-7,9,11H2,1-2H3. The zero-order valence-corrected chi connectivity index (χ0v) is 20.5. The first-order valence-electron chi connectivity index (χ1n) is 11.1. The van der Waals surface area contributed by atoms with Gasteiger partial charge in [-0.05, 0) is 61.8 Å². The van der Waals surface area contributed by atoms with Crippen LogP contribution in [0.5, 0.6) is 5.75 Å². The third-order valence-electron chi connectivity index (χ3n) is 6.43. The van der Waals surface area contributed by atoms with Crippen LogP contribution >= 0.6 is 34.7 Å². The van der Waals surface area contributed by atoms with E-state index in [1.54, 1.807) is 41.2 Å². The lowest BCUT2D eigenvalue weighted by Gasteiger charge is -2.22. The Labute approximate surface area is 200 Å². The number of thioether (sulfide) groups is 1. The van der Waals surface area contributed by atoms with Crippen LogP contribution in [0, 0.1) is 5.92 Å². The van der Waals surface area contributed by atoms with Gasteiger partial charge in [0.25, 0.3) is 5.56 Å². The van der Waals surface area contributed by atoms with Gasteiger partial charge < -0.3 is 4.74 Å². The van der Waals surface area contributed by atoms with Crippen LogP contribution in [0.1, 0.15) is 49.5 Å². The maximum atomic E-state index is 14.0. The molecule has 3 aromatic rings. The molecule has 5 nitrogen and oxygen atoms in total. The molecule has 5 rings (SSSR count). The first-order valence-corrected chi connectivity index (χ1v) is 13.1. The highest BCUT2D eigenvalue weighted by molar-refractivity contribution is 8.00. The lowest BCUT2D eigenvalue weighted by Crippen LogP contribution is -2.26. The Morgan fingerprint density at radius 3 is 2.84 bits per heavy atom. The van der Waals surface area contributed by atoms with Crippen LogP contribution in [0.3, 0.4) is 0 Å². The molecule has 2 aliphatic carbocycles. The van der Waals surface area contributed by atoms with E-state index >= 15 is 0 Å². The Morgan fingerprint density at radius 2 is 2.06 bits per heavy atom. The van der Waals surface area contributed by atoms with Crippen LogP contribution in [0.25, 0.3) is 15.9 Å². The molecule has 0 spiro atoms. The third kappa shape index (κ3) is 3.88. The fraction of sp³-hybridized carbons (Fsp3) is 0.458. The van der Waals surface area contributed by atoms with E-state index in [1.165, 1.54) is 16.6 Å². The van der Waals surface area contributed by atoms with Gasteiger partial charge in [0, 0.05) is 16.3 Å². The molecule has 1 aromatic carbocycles. The molecule has 2 atom stereocenters. The molecule has 2 aromatic heterocycles. The summed E-state index contributed by atoms with van der Waals surface area (Å²) in [7, 11) is 1.58. The van der Waals surface area contributed by atoms with Gasteiger partial charge in [0.15, 0.2) is 5.16 Å². The number of hydrogen-bond acceptors (Lipinski definition) is 6. The largest absolute Gasteiger partial charge is 0.495 e. The summed E-state index contributed by atoms with van der Waals surface area (Å²) in [6.07, 6.45) is 6.31. The number of nitrogens with zero attached hydrogens (tertiary/aromatic N) is 2. The van der Waals surface area contributed by atoms with Gasteiger partial charge >= 0.3 is 0 Å². The van der Waals surface area contributed by atoms with E-state index in [4.69, 9.17) is 21.3 Å². The molecular weight excluding hydrogens is 464 g/mol. The predicted molar refractivity (Wildman–Crippen MR) is 131 cm³/mol. The minimum atomic E-state index is -0.181. The fourth-order valence-electron chi connectivity index (χ4n) is 4.70. The van der Waals surface area contributed by atoms with E-state index in [9.17, 15) is 9.59 Å². The lowest BCUT2D eigenvalue weighted by atomic mass is 9.89. The van der Waals surface area contributed by atoms with Gasteiger partial charge in [0.1, 0.15) is 16.4 Å². The van der Waals surface area contributed by atoms with Gasteiger partial charge in [0.05, 0.1) is 23.4 Å². The normalized spacial score (nSPS) is 21.0. The molecular formula is C24H25ClN2O3S2. The van der Waals surface area contributed by atoms with Crippen molar-refractivity contribution < 1.29 is 9.53 Å². The van der Waals surface area contributed by atoms with Crippen LogP contribution in [-0.2, 0) is 17.6 Å². The number of thiophene rings is 1. The molecule has 168 valence electrons. The molecule has 0 N–H and O–H groups in total. The Hall–Kier alpha value is -1.83. The molecule has 2 heterocycles. The van der Waals surface area contributed by atoms with E-state index in [1.807, 2.05) is 0 Å². The Kier molecular flexibility index (Phi) is 6.07. The number of aromatic nitrogens is 2. The summed E-state index contributed by atoms with van der Waals surface area (Å²) in [5.74, 6) is 1.39. The second-order valence-electron chi connectivity index (χ2n) is 8.70. The number of Topliss-reactive ketones (excluding diaryl/α,β-unsaturated/α-hetero) is 1. The lowest BCUT2D eigenvalue weighted by molar-refractivity contribution is -0.119. The molecule has 0 bridgehead atoms. The molecule has 2 aliphatic rings. The number of rotatable bonds is 4. The van der Waals surface area contributed by atoms with Crippen LogP contribution in [0.4, 0.5) is 0 Å². The summed E-state index contributed by atoms with van der Waals surface area (Å²) in [6, 6.07) is 5.24. The number of carbonyl (C=O) groups is 1. The second kappa shape index (κ2) is 8.84. The van der Waals surface area contributed by atoms with Crippen molar-refractivity contribution in [1.29, 1.82) is 0 Å². The molecule has 0 radical (unpaired) electrons. The quantitative estimate of drug-likeness (QED) is 0.432. The van der Waals surface area contributed by atoms with Gasteiger partial charge in [-0.25, -0.2) is 4.98 Å². The van der Waals surface area contributed by atoms with Crippen LogP contribution < -0.4 is 10.3 Å². The van der Waals surface area contributed by atoms with Gasteiger partial charge in [-0.2, -0.15) is 0 Å². The first kappa shape index (κ1) is 22.0. The van der Waals surface area contributed by atoms with Crippen molar-refractivity contribution in [3.63, 3.8) is 0 Å². The van der Waals surface area contributed by atoms with E-state index in [2.05, 4.69) is 6.92 Å². The van der Waals surface area contributed by atoms with Gasteiger partial charge in [-0.1, -0.05) is 36.7 Å². The van der Waals surface area contributed by atoms with E-state index < -0.39 is 0 Å². The summed E-state index contributed by atoms with van der Waals surface area (Å²) in [4.78, 5) is 33.6. The Balaban J connectivity index is 1.75. The van der Waals surface area contributed by atoms with Crippen molar-refractivity contribution in [3.8, 4) is 11.4 Å². The second-order valence-corrected chi connectivity index (χ2v) is 11.4. The van der Waals surface area contributed by atoms with Crippen molar-refractivity contribution in [2.45, 2.75) is 62.3 Å². The van der Waals surface area contributed by atoms with Crippen LogP contribution in [0.15, 0.2) is 28.2 Å². The number of methoxy groups -OCH3 is 1. The number of aryl methyl sites for hydroxylation is 1. The Morgan fingerprint density at radius 1 is 1.22 bits per heavy atom. The molecule has 2 unspecified atom stereocenters. The minimum absolute atomic E-state index is 0.103. The maximum absolute atomic E-state index is 14.0. The van der Waals surface area contributed by atoms with Gasteiger partial charge in [0.2, 0.25) is 0 Å². The molecule has 1 saturated carbocycles. The smallest absolute Gasteiger partial charge is 0.267 e. The van der Waals surface area contributed by atoms with Crippen molar-refractivity contribution in [1.82, 2.24) is 9.55 Å². The fourth-order valence-corrected chi connectivity index (χ4v) is 7.52. The average molecular weight is 489 g/mol. The predicted octanol–water partition coefficient (Wildman–Crippen LogP) is 5.84. The van der Waals surface area contributed by atoms with E-state index in [0.717, 1.165) is 48.9 Å². The zero-order chi connectivity index (χ0) is 22.4. The van der Waals surface area contributed by atoms with Crippen LogP contribution in [-0.4, -0.2) is 27.7 Å². The highest BCUT2D eigenvalue weighted by Crippen LogP contribution is 2.39. The highest BCUT2D eigenvalue weighted by Gasteiger charge is 2.29. The number of halogens is 1. The minimum Gasteiger partial charge on any atom is -0.495 e. The van der Waals surface area contributed by atoms with Gasteiger partial charge in [-0.3, -0.25) is 14.2 Å².